The van der Waals surface area contributed by atoms with Crippen molar-refractivity contribution in [1.82, 2.24) is 4.90 Å². The number of ether oxygens (including phenoxy) is 3. The largest absolute Gasteiger partial charge is 0.497 e. The van der Waals surface area contributed by atoms with E-state index < -0.39 is 18.9 Å². The van der Waals surface area contributed by atoms with E-state index in [1.54, 1.807) is 37.3 Å². The fourth-order valence-corrected chi connectivity index (χ4v) is 2.84. The number of methoxy groups -OCH3 is 1. The Morgan fingerprint density at radius 1 is 1.29 bits per heavy atom. The van der Waals surface area contributed by atoms with Crippen LogP contribution in [0.25, 0.3) is 0 Å². The smallest absolute Gasteiger partial charge is 0.251 e. The predicted octanol–water partition coefficient (Wildman–Crippen LogP) is 4.25. The third-order valence-corrected chi connectivity index (χ3v) is 4.28. The lowest BCUT2D eigenvalue weighted by Crippen LogP contribution is -2.36. The van der Waals surface area contributed by atoms with Crippen molar-refractivity contribution in [3.63, 3.8) is 0 Å². The molecule has 6 nitrogen and oxygen atoms in total. The second kappa shape index (κ2) is 11.6. The Hall–Kier alpha value is -3.57. The summed E-state index contributed by atoms with van der Waals surface area (Å²) in [5.41, 5.74) is 0.827. The minimum atomic E-state index is -1.04. The van der Waals surface area contributed by atoms with Gasteiger partial charge in [0.05, 0.1) is 12.8 Å². The molecular weight excluding hydrogens is 406 g/mol. The van der Waals surface area contributed by atoms with E-state index in [-0.39, 0.29) is 23.9 Å². The first-order valence-corrected chi connectivity index (χ1v) is 9.37. The topological polar surface area (TPSA) is 63.5 Å². The van der Waals surface area contributed by atoms with E-state index in [1.165, 1.54) is 37.1 Å². The van der Waals surface area contributed by atoms with Gasteiger partial charge < -0.3 is 24.2 Å². The van der Waals surface area contributed by atoms with E-state index in [4.69, 9.17) is 20.6 Å². The number of alkyl halides is 1. The van der Waals surface area contributed by atoms with Crippen LogP contribution >= 0.6 is 0 Å². The molecule has 0 heterocycles. The van der Waals surface area contributed by atoms with Crippen LogP contribution in [-0.4, -0.2) is 36.1 Å². The van der Waals surface area contributed by atoms with Crippen LogP contribution in [-0.2, 0) is 6.54 Å². The number of rotatable bonds is 9. The zero-order valence-corrected chi connectivity index (χ0v) is 17.5. The normalized spacial score (nSPS) is 12.7. The molecule has 0 aliphatic heterocycles. The highest BCUT2D eigenvalue weighted by molar-refractivity contribution is 5.95. The first kappa shape index (κ1) is 23.7. The molecule has 0 aromatic heterocycles. The summed E-state index contributed by atoms with van der Waals surface area (Å²) < 4.78 is 42.9. The van der Waals surface area contributed by atoms with Crippen LogP contribution in [0.15, 0.2) is 59.2 Å². The average Bonchev–Trinajstić information content (AvgIpc) is 2.76. The number of aliphatic imine (C=N–C) groups is 1. The van der Waals surface area contributed by atoms with Crippen molar-refractivity contribution in [2.24, 2.45) is 4.99 Å². The summed E-state index contributed by atoms with van der Waals surface area (Å²) in [4.78, 5) is 5.38. The SMILES string of the molecule is C#CN=C(Oc1ccccc1F)C(=CC)N(Cc1cc(OC)ccc1OCF)C(C)O. The Kier molecular flexibility index (Phi) is 8.85. The molecule has 0 aliphatic carbocycles. The van der Waals surface area contributed by atoms with Crippen molar-refractivity contribution in [3.8, 4) is 29.7 Å². The van der Waals surface area contributed by atoms with Crippen molar-refractivity contribution in [2.45, 2.75) is 26.6 Å². The van der Waals surface area contributed by atoms with Crippen LogP contribution < -0.4 is 14.2 Å². The van der Waals surface area contributed by atoms with Gasteiger partial charge in [-0.3, -0.25) is 0 Å². The van der Waals surface area contributed by atoms with Crippen LogP contribution in [0.1, 0.15) is 19.4 Å². The summed E-state index contributed by atoms with van der Waals surface area (Å²) in [7, 11) is 1.50. The van der Waals surface area contributed by atoms with Crippen molar-refractivity contribution >= 4 is 5.90 Å². The number of para-hydroxylation sites is 1. The molecular formula is C23H24F2N2O4. The molecule has 0 radical (unpaired) electrons. The van der Waals surface area contributed by atoms with Crippen LogP contribution in [0.5, 0.6) is 17.2 Å². The van der Waals surface area contributed by atoms with Gasteiger partial charge in [0.25, 0.3) is 5.90 Å². The van der Waals surface area contributed by atoms with Crippen LogP contribution in [0.2, 0.25) is 0 Å². The minimum Gasteiger partial charge on any atom is -0.497 e. The molecule has 1 atom stereocenters. The van der Waals surface area contributed by atoms with Gasteiger partial charge in [-0.05, 0) is 44.2 Å². The van der Waals surface area contributed by atoms with Crippen LogP contribution in [0.4, 0.5) is 8.78 Å². The highest BCUT2D eigenvalue weighted by atomic mass is 19.1. The Bertz CT molecular complexity index is 984. The van der Waals surface area contributed by atoms with E-state index >= 15 is 0 Å². The van der Waals surface area contributed by atoms with E-state index in [0.717, 1.165) is 0 Å². The Morgan fingerprint density at radius 2 is 2.03 bits per heavy atom. The van der Waals surface area contributed by atoms with Gasteiger partial charge in [-0.1, -0.05) is 24.6 Å². The first-order valence-electron chi connectivity index (χ1n) is 9.37. The molecule has 0 aliphatic rings. The van der Waals surface area contributed by atoms with E-state index in [9.17, 15) is 13.9 Å². The van der Waals surface area contributed by atoms with Gasteiger partial charge in [0, 0.05) is 18.2 Å². The Morgan fingerprint density at radius 3 is 2.61 bits per heavy atom. The number of nitrogens with zero attached hydrogens (tertiary/aromatic N) is 2. The number of hydrogen-bond acceptors (Lipinski definition) is 6. The molecule has 164 valence electrons. The van der Waals surface area contributed by atoms with Crippen LogP contribution in [0, 0.1) is 18.3 Å². The fourth-order valence-electron chi connectivity index (χ4n) is 2.84. The lowest BCUT2D eigenvalue weighted by molar-refractivity contribution is 0.0415. The van der Waals surface area contributed by atoms with E-state index in [0.29, 0.717) is 17.0 Å². The highest BCUT2D eigenvalue weighted by Crippen LogP contribution is 2.28. The maximum Gasteiger partial charge on any atom is 0.251 e. The highest BCUT2D eigenvalue weighted by Gasteiger charge is 2.23. The molecule has 8 heteroatoms. The van der Waals surface area contributed by atoms with Gasteiger partial charge >= 0.3 is 0 Å². The number of aliphatic hydroxyl groups is 1. The zero-order chi connectivity index (χ0) is 22.8. The molecule has 2 aromatic rings. The van der Waals surface area contributed by atoms with Crippen LogP contribution in [0.3, 0.4) is 0 Å². The molecule has 1 N–H and O–H groups in total. The number of benzene rings is 2. The molecule has 1 unspecified atom stereocenters. The second-order valence-corrected chi connectivity index (χ2v) is 6.24. The minimum absolute atomic E-state index is 0.0636. The maximum absolute atomic E-state index is 14.1. The summed E-state index contributed by atoms with van der Waals surface area (Å²) in [6.45, 7) is 2.25. The third kappa shape index (κ3) is 6.20. The monoisotopic (exact) mass is 430 g/mol. The van der Waals surface area contributed by atoms with Gasteiger partial charge in [0.2, 0.25) is 6.86 Å². The van der Waals surface area contributed by atoms with Crippen molar-refractivity contribution in [3.05, 3.63) is 65.6 Å². The molecule has 31 heavy (non-hydrogen) atoms. The van der Waals surface area contributed by atoms with E-state index in [2.05, 4.69) is 11.0 Å². The zero-order valence-electron chi connectivity index (χ0n) is 17.5. The van der Waals surface area contributed by atoms with Gasteiger partial charge in [-0.25, -0.2) is 8.78 Å². The Balaban J connectivity index is 2.45. The number of allylic oxidation sites excluding steroid dienone is 1. The van der Waals surface area contributed by atoms with Crippen molar-refractivity contribution in [1.29, 1.82) is 0 Å². The maximum atomic E-state index is 14.1. The summed E-state index contributed by atoms with van der Waals surface area (Å²) in [6, 6.07) is 12.8. The summed E-state index contributed by atoms with van der Waals surface area (Å²) in [5.74, 6) is 0.0255. The quantitative estimate of drug-likeness (QED) is 0.279. The molecule has 0 saturated heterocycles. The lowest BCUT2D eigenvalue weighted by atomic mass is 10.1. The van der Waals surface area contributed by atoms with Gasteiger partial charge in [-0.15, -0.1) is 0 Å². The molecule has 0 amide bonds. The molecule has 0 bridgehead atoms. The summed E-state index contributed by atoms with van der Waals surface area (Å²) >= 11 is 0. The second-order valence-electron chi connectivity index (χ2n) is 6.24. The average molecular weight is 430 g/mol. The van der Waals surface area contributed by atoms with Crippen molar-refractivity contribution in [2.75, 3.05) is 14.0 Å². The van der Waals surface area contributed by atoms with E-state index in [1.807, 2.05) is 0 Å². The standard InChI is InChI=1S/C23H24F2N2O4/c1-5-20(23(26-6-2)31-22-10-8-7-9-19(22)25)27(16(3)28)14-17-13-18(29-4)11-12-21(17)30-15-24/h2,5,7-13,16,28H,14-15H2,1,3-4H3. The molecule has 0 spiro atoms. The number of hydrogen-bond donors (Lipinski definition) is 1. The predicted molar refractivity (Wildman–Crippen MR) is 114 cm³/mol. The van der Waals surface area contributed by atoms with Gasteiger partial charge in [0.15, 0.2) is 11.6 Å². The molecule has 0 fully saturated rings. The Labute approximate surface area is 180 Å². The number of terminal acetylenes is 1. The number of aliphatic hydroxyl groups excluding tert-OH is 1. The molecule has 2 rings (SSSR count). The first-order chi connectivity index (χ1) is 14.9. The molecule has 2 aromatic carbocycles. The summed E-state index contributed by atoms with van der Waals surface area (Å²) in [6.07, 6.45) is 5.92. The summed E-state index contributed by atoms with van der Waals surface area (Å²) in [5, 5.41) is 10.5. The van der Waals surface area contributed by atoms with Gasteiger partial charge in [-0.2, -0.15) is 4.99 Å². The van der Waals surface area contributed by atoms with Gasteiger partial charge in [0.1, 0.15) is 17.7 Å². The fraction of sp³-hybridized carbons (Fsp3) is 0.261. The number of halogens is 2. The third-order valence-electron chi connectivity index (χ3n) is 4.28. The van der Waals surface area contributed by atoms with Crippen molar-refractivity contribution < 1.29 is 28.1 Å². The molecule has 0 saturated carbocycles. The lowest BCUT2D eigenvalue weighted by Gasteiger charge is -2.31.